The van der Waals surface area contributed by atoms with Crippen LogP contribution >= 0.6 is 7.37 Å². The Hall–Kier alpha value is -2.02. The Balaban J connectivity index is 2.12. The molecule has 1 fully saturated rings. The summed E-state index contributed by atoms with van der Waals surface area (Å²) in [4.78, 5) is 47.0. The van der Waals surface area contributed by atoms with Gasteiger partial charge >= 0.3 is 12.0 Å². The first-order valence-electron chi connectivity index (χ1n) is 10.9. The number of hydrogen-bond donors (Lipinski definition) is 3. The van der Waals surface area contributed by atoms with E-state index in [-0.39, 0.29) is 25.7 Å². The van der Waals surface area contributed by atoms with E-state index in [0.717, 1.165) is 12.0 Å². The number of carboxylic acid groups (broad SMARTS) is 1. The van der Waals surface area contributed by atoms with E-state index >= 15 is 0 Å². The van der Waals surface area contributed by atoms with E-state index in [1.54, 1.807) is 6.92 Å². The highest BCUT2D eigenvalue weighted by Crippen LogP contribution is 2.51. The van der Waals surface area contributed by atoms with E-state index in [9.17, 15) is 28.9 Å². The van der Waals surface area contributed by atoms with Crippen LogP contribution in [0.15, 0.2) is 30.3 Å². The first-order valence-corrected chi connectivity index (χ1v) is 12.8. The number of imide groups is 1. The molecule has 3 N–H and O–H groups in total. The molecular formula is C22H34N2O6P+. The number of aryl methyl sites for hydroxylation is 1. The number of unbranched alkanes of at least 4 members (excludes halogenated alkanes) is 1. The van der Waals surface area contributed by atoms with Gasteiger partial charge in [0.15, 0.2) is 5.66 Å². The third kappa shape index (κ3) is 6.25. The van der Waals surface area contributed by atoms with Gasteiger partial charge in [-0.05, 0) is 44.6 Å². The summed E-state index contributed by atoms with van der Waals surface area (Å²) in [5, 5.41) is 12.4. The predicted molar refractivity (Wildman–Crippen MR) is 118 cm³/mol. The van der Waals surface area contributed by atoms with Gasteiger partial charge in [-0.15, -0.1) is 0 Å². The summed E-state index contributed by atoms with van der Waals surface area (Å²) in [7, 11) is -3.93. The molecule has 2 rings (SSSR count). The zero-order valence-electron chi connectivity index (χ0n) is 18.1. The molecule has 9 heteroatoms. The van der Waals surface area contributed by atoms with Crippen molar-refractivity contribution in [2.75, 3.05) is 19.3 Å². The second-order valence-corrected chi connectivity index (χ2v) is 10.9. The van der Waals surface area contributed by atoms with Crippen LogP contribution in [0.3, 0.4) is 0 Å². The van der Waals surface area contributed by atoms with Crippen molar-refractivity contribution in [3.8, 4) is 0 Å². The standard InChI is InChI=1S/C22H33N2O6P/c1-18-9-8-15-24(18,22(27)28)21(26)20(13-7-14-23-17-25)31(29,30)16-6-5-12-19-10-3-2-4-11-19/h2-4,10-11,17-18,20H,5-9,12-16H2,1H3,(H2-,23,25,27,28,29,30)/p+1/t18-,20?,24?/m1/s1. The molecule has 4 atom stereocenters. The molecule has 0 spiro atoms. The number of carbonyl (C=O) groups is 3. The van der Waals surface area contributed by atoms with Gasteiger partial charge < -0.3 is 15.3 Å². The lowest BCUT2D eigenvalue weighted by molar-refractivity contribution is -0.792. The van der Waals surface area contributed by atoms with Gasteiger partial charge in [0.1, 0.15) is 6.04 Å². The highest BCUT2D eigenvalue weighted by molar-refractivity contribution is 7.59. The van der Waals surface area contributed by atoms with E-state index in [1.165, 1.54) is 0 Å². The number of amides is 3. The predicted octanol–water partition coefficient (Wildman–Crippen LogP) is 3.38. The van der Waals surface area contributed by atoms with Crippen LogP contribution in [0.1, 0.15) is 51.0 Å². The molecule has 0 bridgehead atoms. The second-order valence-electron chi connectivity index (χ2n) is 8.36. The first kappa shape index (κ1) is 25.2. The van der Waals surface area contributed by atoms with E-state index in [0.29, 0.717) is 38.5 Å². The van der Waals surface area contributed by atoms with Crippen LogP contribution in [0.25, 0.3) is 0 Å². The van der Waals surface area contributed by atoms with Crippen molar-refractivity contribution < 1.29 is 33.4 Å². The molecule has 3 unspecified atom stereocenters. The number of quaternary nitrogens is 1. The first-order chi connectivity index (χ1) is 14.8. The van der Waals surface area contributed by atoms with E-state index < -0.39 is 35.6 Å². The molecule has 1 heterocycles. The number of benzene rings is 1. The quantitative estimate of drug-likeness (QED) is 0.193. The maximum Gasteiger partial charge on any atom is 0.521 e. The Morgan fingerprint density at radius 1 is 1.26 bits per heavy atom. The molecular weight excluding hydrogens is 419 g/mol. The fraction of sp³-hybridized carbons (Fsp3) is 0.591. The molecule has 0 radical (unpaired) electrons. The average Bonchev–Trinajstić information content (AvgIpc) is 3.14. The third-order valence-electron chi connectivity index (χ3n) is 6.31. The largest absolute Gasteiger partial charge is 0.521 e. The Morgan fingerprint density at radius 2 is 1.97 bits per heavy atom. The zero-order valence-corrected chi connectivity index (χ0v) is 19.0. The highest BCUT2D eigenvalue weighted by Gasteiger charge is 2.58. The number of nitrogens with zero attached hydrogens (tertiary/aromatic N) is 1. The van der Waals surface area contributed by atoms with Crippen molar-refractivity contribution in [1.29, 1.82) is 0 Å². The molecule has 3 amide bonds. The Kier molecular flexibility index (Phi) is 9.41. The molecule has 1 saturated heterocycles. The molecule has 0 aliphatic carbocycles. The van der Waals surface area contributed by atoms with Gasteiger partial charge in [-0.1, -0.05) is 30.3 Å². The minimum atomic E-state index is -3.93. The SMILES string of the molecule is C[C@@H]1CCC[N+]1(C(=O)O)C(=O)C(CCCNC=O)P(=O)(O)CCCCc1ccccc1. The Labute approximate surface area is 183 Å². The molecule has 0 aromatic heterocycles. The van der Waals surface area contributed by atoms with Crippen molar-refractivity contribution in [3.05, 3.63) is 35.9 Å². The van der Waals surface area contributed by atoms with Gasteiger partial charge in [0.25, 0.3) is 0 Å². The number of hydrogen-bond acceptors (Lipinski definition) is 4. The monoisotopic (exact) mass is 453 g/mol. The Morgan fingerprint density at radius 3 is 2.55 bits per heavy atom. The third-order valence-corrected chi connectivity index (χ3v) is 8.72. The van der Waals surface area contributed by atoms with Crippen molar-refractivity contribution in [2.24, 2.45) is 0 Å². The van der Waals surface area contributed by atoms with Gasteiger partial charge in [0, 0.05) is 25.5 Å². The lowest BCUT2D eigenvalue weighted by atomic mass is 10.1. The summed E-state index contributed by atoms with van der Waals surface area (Å²) in [5.74, 6) is -0.669. The van der Waals surface area contributed by atoms with Crippen LogP contribution in [0.4, 0.5) is 4.79 Å². The minimum absolute atomic E-state index is 0.0225. The summed E-state index contributed by atoms with van der Waals surface area (Å²) in [6, 6.07) is 9.39. The van der Waals surface area contributed by atoms with Crippen LogP contribution in [0, 0.1) is 0 Å². The summed E-state index contributed by atoms with van der Waals surface area (Å²) in [6.45, 7) is 2.13. The van der Waals surface area contributed by atoms with Gasteiger partial charge in [-0.2, -0.15) is 9.28 Å². The normalized spacial score (nSPS) is 23.6. The second kappa shape index (κ2) is 11.6. The molecule has 1 aliphatic heterocycles. The van der Waals surface area contributed by atoms with Gasteiger partial charge in [-0.3, -0.25) is 9.36 Å². The van der Waals surface area contributed by atoms with E-state index in [4.69, 9.17) is 0 Å². The van der Waals surface area contributed by atoms with E-state index in [1.807, 2.05) is 30.3 Å². The van der Waals surface area contributed by atoms with Crippen LogP contribution < -0.4 is 5.32 Å². The fourth-order valence-electron chi connectivity index (χ4n) is 4.47. The molecule has 1 aliphatic rings. The molecule has 1 aromatic carbocycles. The smallest absolute Gasteiger partial charge is 0.435 e. The lowest BCUT2D eigenvalue weighted by Gasteiger charge is -2.34. The van der Waals surface area contributed by atoms with Crippen LogP contribution in [-0.4, -0.2) is 63.8 Å². The van der Waals surface area contributed by atoms with Crippen molar-refractivity contribution in [2.45, 2.75) is 63.6 Å². The zero-order chi connectivity index (χ0) is 22.9. The lowest BCUT2D eigenvalue weighted by Crippen LogP contribution is -2.61. The number of rotatable bonds is 12. The van der Waals surface area contributed by atoms with E-state index in [2.05, 4.69) is 5.32 Å². The van der Waals surface area contributed by atoms with Crippen LogP contribution in [0.5, 0.6) is 0 Å². The van der Waals surface area contributed by atoms with Crippen molar-refractivity contribution in [1.82, 2.24) is 5.32 Å². The molecule has 172 valence electrons. The summed E-state index contributed by atoms with van der Waals surface area (Å²) in [6.07, 6.45) is 2.79. The van der Waals surface area contributed by atoms with Gasteiger partial charge in [0.2, 0.25) is 13.8 Å². The number of carbonyl (C=O) groups excluding carboxylic acids is 2. The average molecular weight is 453 g/mol. The summed E-state index contributed by atoms with van der Waals surface area (Å²) in [5.41, 5.74) is -0.0987. The maximum absolute atomic E-state index is 13.5. The van der Waals surface area contributed by atoms with Gasteiger partial charge in [-0.25, -0.2) is 4.79 Å². The fourth-order valence-corrected chi connectivity index (χ4v) is 6.60. The minimum Gasteiger partial charge on any atom is -0.435 e. The number of likely N-dealkylation sites (tertiary alicyclic amines) is 1. The molecule has 0 saturated carbocycles. The van der Waals surface area contributed by atoms with Crippen LogP contribution in [0.2, 0.25) is 0 Å². The van der Waals surface area contributed by atoms with Crippen molar-refractivity contribution >= 4 is 25.8 Å². The highest BCUT2D eigenvalue weighted by atomic mass is 31.2. The van der Waals surface area contributed by atoms with Crippen molar-refractivity contribution in [3.63, 3.8) is 0 Å². The molecule has 31 heavy (non-hydrogen) atoms. The van der Waals surface area contributed by atoms with Crippen LogP contribution in [-0.2, 0) is 20.6 Å². The summed E-state index contributed by atoms with van der Waals surface area (Å²) < 4.78 is 12.5. The van der Waals surface area contributed by atoms with Gasteiger partial charge in [0.05, 0.1) is 6.54 Å². The maximum atomic E-state index is 13.5. The molecule has 8 nitrogen and oxygen atoms in total. The Bertz CT molecular complexity index is 802. The number of nitrogens with one attached hydrogen (secondary N) is 1. The molecule has 1 aromatic rings. The summed E-state index contributed by atoms with van der Waals surface area (Å²) >= 11 is 0. The topological polar surface area (TPSA) is 121 Å².